The van der Waals surface area contributed by atoms with Crippen molar-refractivity contribution in [3.8, 4) is 0 Å². The van der Waals surface area contributed by atoms with E-state index in [9.17, 15) is 24.3 Å². The van der Waals surface area contributed by atoms with Gasteiger partial charge in [-0.15, -0.1) is 0 Å². The third kappa shape index (κ3) is 7.07. The Kier molecular flexibility index (Phi) is 9.03. The first-order valence-corrected chi connectivity index (χ1v) is 12.1. The molecule has 1 aliphatic heterocycles. The molecule has 4 rings (SSSR count). The lowest BCUT2D eigenvalue weighted by molar-refractivity contribution is -0.288. The fraction of sp³-hybridized carbons (Fsp3) is 0.241. The van der Waals surface area contributed by atoms with E-state index in [0.717, 1.165) is 6.92 Å². The van der Waals surface area contributed by atoms with Crippen molar-refractivity contribution in [3.05, 3.63) is 108 Å². The minimum atomic E-state index is -1.80. The zero-order valence-electron chi connectivity index (χ0n) is 20.9. The van der Waals surface area contributed by atoms with Crippen LogP contribution in [0.25, 0.3) is 0 Å². The summed E-state index contributed by atoms with van der Waals surface area (Å²) in [4.78, 5) is 50.5. The maximum atomic E-state index is 13.0. The minimum absolute atomic E-state index is 0.167. The largest absolute Gasteiger partial charge is 0.459 e. The fourth-order valence-corrected chi connectivity index (χ4v) is 3.97. The van der Waals surface area contributed by atoms with Gasteiger partial charge in [-0.3, -0.25) is 4.79 Å². The molecule has 10 nitrogen and oxygen atoms in total. The minimum Gasteiger partial charge on any atom is -0.459 e. The fourth-order valence-electron chi connectivity index (χ4n) is 3.97. The Labute approximate surface area is 224 Å². The number of hydrogen-bond acceptors (Lipinski definition) is 10. The molecule has 0 spiro atoms. The zero-order valence-corrected chi connectivity index (χ0v) is 20.9. The van der Waals surface area contributed by atoms with Crippen LogP contribution in [0.3, 0.4) is 0 Å². The molecule has 3 aromatic carbocycles. The second-order valence-electron chi connectivity index (χ2n) is 8.58. The molecule has 10 heteroatoms. The predicted octanol–water partition coefficient (Wildman–Crippen LogP) is 2.94. The van der Waals surface area contributed by atoms with Crippen LogP contribution < -0.4 is 0 Å². The summed E-state index contributed by atoms with van der Waals surface area (Å²) in [6.45, 7) is 0.616. The van der Waals surface area contributed by atoms with E-state index in [0.29, 0.717) is 0 Å². The van der Waals surface area contributed by atoms with E-state index >= 15 is 0 Å². The number of esters is 4. The van der Waals surface area contributed by atoms with Gasteiger partial charge < -0.3 is 28.8 Å². The van der Waals surface area contributed by atoms with Crippen molar-refractivity contribution < 1.29 is 48.0 Å². The van der Waals surface area contributed by atoms with Crippen LogP contribution in [0.2, 0.25) is 0 Å². The maximum Gasteiger partial charge on any atom is 0.338 e. The lowest BCUT2D eigenvalue weighted by atomic mass is 9.98. The van der Waals surface area contributed by atoms with Crippen LogP contribution in [0.5, 0.6) is 0 Å². The summed E-state index contributed by atoms with van der Waals surface area (Å²) in [6.07, 6.45) is -7.60. The summed E-state index contributed by atoms with van der Waals surface area (Å²) in [5.74, 6) is -3.12. The van der Waals surface area contributed by atoms with Crippen molar-refractivity contribution in [1.29, 1.82) is 0 Å². The summed E-state index contributed by atoms with van der Waals surface area (Å²) in [5.41, 5.74) is 0.609. The van der Waals surface area contributed by atoms with Crippen LogP contribution in [0.4, 0.5) is 0 Å². The van der Waals surface area contributed by atoms with Gasteiger partial charge in [0.25, 0.3) is 0 Å². The normalized spacial score (nSPS) is 22.3. The number of rotatable bonds is 8. The van der Waals surface area contributed by atoms with Gasteiger partial charge in [-0.1, -0.05) is 54.6 Å². The highest BCUT2D eigenvalue weighted by Crippen LogP contribution is 2.29. The van der Waals surface area contributed by atoms with Crippen molar-refractivity contribution >= 4 is 23.9 Å². The molecule has 0 aromatic heterocycles. The topological polar surface area (TPSA) is 135 Å². The number of ether oxygens (including phenoxy) is 5. The SMILES string of the molecule is CC(=O)O[C@H]1[C@@H](OC(=O)c2ccccc2)[C@H](OC(=O)c2ccccc2)[C@@H](COC(=O)c2ccccc2)O[C@@H]1O. The van der Waals surface area contributed by atoms with Gasteiger partial charge in [0.2, 0.25) is 0 Å². The molecular weight excluding hydrogens is 508 g/mol. The quantitative estimate of drug-likeness (QED) is 0.339. The standard InChI is InChI=1S/C29H26O10/c1-18(30)36-25-24(39-28(33)21-15-9-4-10-16-21)23(38-27(32)20-13-7-3-8-14-20)22(37-29(25)34)17-35-26(31)19-11-5-2-6-12-19/h2-16,22-25,29,34H,17H2,1H3/t22-,23-,24+,25+,29+/m1/s1. The van der Waals surface area contributed by atoms with Crippen LogP contribution in [0.1, 0.15) is 38.0 Å². The van der Waals surface area contributed by atoms with Gasteiger partial charge in [-0.25, -0.2) is 14.4 Å². The van der Waals surface area contributed by atoms with E-state index in [-0.39, 0.29) is 16.7 Å². The van der Waals surface area contributed by atoms with Gasteiger partial charge in [0.05, 0.1) is 16.7 Å². The van der Waals surface area contributed by atoms with Crippen LogP contribution in [0.15, 0.2) is 91.0 Å². The molecule has 1 N–H and O–H groups in total. The zero-order chi connectivity index (χ0) is 27.8. The number of carbonyl (C=O) groups is 4. The van der Waals surface area contributed by atoms with Gasteiger partial charge in [-0.2, -0.15) is 0 Å². The molecule has 1 saturated heterocycles. The molecule has 0 saturated carbocycles. The Hall–Kier alpha value is -4.54. The molecule has 0 bridgehead atoms. The Morgan fingerprint density at radius 1 is 0.641 bits per heavy atom. The summed E-state index contributed by atoms with van der Waals surface area (Å²) >= 11 is 0. The van der Waals surface area contributed by atoms with Gasteiger partial charge >= 0.3 is 23.9 Å². The second kappa shape index (κ2) is 12.8. The second-order valence-corrected chi connectivity index (χ2v) is 8.58. The van der Waals surface area contributed by atoms with Crippen LogP contribution in [-0.4, -0.2) is 66.3 Å². The first kappa shape index (κ1) is 27.5. The molecule has 0 amide bonds. The first-order valence-electron chi connectivity index (χ1n) is 12.1. The van der Waals surface area contributed by atoms with E-state index in [1.54, 1.807) is 66.7 Å². The Morgan fingerprint density at radius 2 is 1.08 bits per heavy atom. The molecule has 0 aliphatic carbocycles. The Morgan fingerprint density at radius 3 is 1.54 bits per heavy atom. The summed E-state index contributed by atoms with van der Waals surface area (Å²) in [5, 5.41) is 10.7. The van der Waals surface area contributed by atoms with Crippen molar-refractivity contribution in [2.45, 2.75) is 37.6 Å². The highest BCUT2D eigenvalue weighted by atomic mass is 16.7. The van der Waals surface area contributed by atoms with E-state index in [1.165, 1.54) is 24.3 Å². The lowest BCUT2D eigenvalue weighted by Gasteiger charge is -2.42. The van der Waals surface area contributed by atoms with Crippen molar-refractivity contribution in [3.63, 3.8) is 0 Å². The Bertz CT molecular complexity index is 1280. The van der Waals surface area contributed by atoms with Crippen LogP contribution >= 0.6 is 0 Å². The summed E-state index contributed by atoms with van der Waals surface area (Å²) in [7, 11) is 0. The number of aliphatic hydroxyl groups is 1. The van der Waals surface area contributed by atoms with Gasteiger partial charge in [0, 0.05) is 6.92 Å². The molecule has 0 unspecified atom stereocenters. The number of aliphatic hydroxyl groups excluding tert-OH is 1. The van der Waals surface area contributed by atoms with E-state index in [2.05, 4.69) is 0 Å². The van der Waals surface area contributed by atoms with E-state index in [1.807, 2.05) is 0 Å². The smallest absolute Gasteiger partial charge is 0.338 e. The molecule has 39 heavy (non-hydrogen) atoms. The molecule has 3 aromatic rings. The van der Waals surface area contributed by atoms with Crippen molar-refractivity contribution in [2.24, 2.45) is 0 Å². The van der Waals surface area contributed by atoms with E-state index in [4.69, 9.17) is 23.7 Å². The number of carbonyl (C=O) groups excluding carboxylic acids is 4. The maximum absolute atomic E-state index is 13.0. The van der Waals surface area contributed by atoms with Crippen molar-refractivity contribution in [1.82, 2.24) is 0 Å². The summed E-state index contributed by atoms with van der Waals surface area (Å²) < 4.78 is 27.5. The average Bonchev–Trinajstić information content (AvgIpc) is 2.96. The van der Waals surface area contributed by atoms with Gasteiger partial charge in [0.15, 0.2) is 24.6 Å². The molecule has 1 heterocycles. The Balaban J connectivity index is 1.64. The molecule has 202 valence electrons. The van der Waals surface area contributed by atoms with Gasteiger partial charge in [-0.05, 0) is 36.4 Å². The number of hydrogen-bond donors (Lipinski definition) is 1. The van der Waals surface area contributed by atoms with Crippen LogP contribution in [-0.2, 0) is 28.5 Å². The molecule has 1 fully saturated rings. The van der Waals surface area contributed by atoms with Gasteiger partial charge in [0.1, 0.15) is 12.7 Å². The lowest BCUT2D eigenvalue weighted by Crippen LogP contribution is -2.62. The van der Waals surface area contributed by atoms with Crippen molar-refractivity contribution in [2.75, 3.05) is 6.61 Å². The highest BCUT2D eigenvalue weighted by Gasteiger charge is 2.52. The molecule has 0 radical (unpaired) electrons. The molecule has 5 atom stereocenters. The third-order valence-corrected chi connectivity index (χ3v) is 5.80. The number of benzene rings is 3. The highest BCUT2D eigenvalue weighted by molar-refractivity contribution is 5.91. The van der Waals surface area contributed by atoms with Crippen LogP contribution in [0, 0.1) is 0 Å². The molecular formula is C29H26O10. The van der Waals surface area contributed by atoms with E-state index < -0.39 is 61.2 Å². The monoisotopic (exact) mass is 534 g/mol. The first-order chi connectivity index (χ1) is 18.8. The summed E-state index contributed by atoms with van der Waals surface area (Å²) in [6, 6.07) is 24.1. The predicted molar refractivity (Wildman–Crippen MR) is 134 cm³/mol. The molecule has 1 aliphatic rings. The average molecular weight is 535 g/mol. The third-order valence-electron chi connectivity index (χ3n) is 5.80.